The van der Waals surface area contributed by atoms with Gasteiger partial charge in [0, 0.05) is 24.7 Å². The zero-order chi connectivity index (χ0) is 17.1. The molecule has 8 heteroatoms. The van der Waals surface area contributed by atoms with Crippen molar-refractivity contribution < 1.29 is 29.6 Å². The number of anilines is 2. The summed E-state index contributed by atoms with van der Waals surface area (Å²) in [5.74, 6) is -2.68. The molecule has 0 aromatic heterocycles. The smallest absolute Gasteiger partial charge is 0.339 e. The van der Waals surface area contributed by atoms with Crippen molar-refractivity contribution >= 4 is 23.3 Å². The van der Waals surface area contributed by atoms with Crippen molar-refractivity contribution in [1.29, 1.82) is 0 Å². The molecule has 0 bridgehead atoms. The lowest BCUT2D eigenvalue weighted by Gasteiger charge is -2.15. The number of aromatic hydroxyl groups is 2. The van der Waals surface area contributed by atoms with Crippen LogP contribution in [0, 0.1) is 0 Å². The second-order valence-electron chi connectivity index (χ2n) is 4.68. The van der Waals surface area contributed by atoms with Gasteiger partial charge in [-0.3, -0.25) is 4.79 Å². The third kappa shape index (κ3) is 3.62. The Bertz CT molecular complexity index is 788. The molecule has 1 amide bonds. The number of phenols is 2. The van der Waals surface area contributed by atoms with Gasteiger partial charge in [-0.05, 0) is 18.2 Å². The van der Waals surface area contributed by atoms with Gasteiger partial charge in [-0.15, -0.1) is 0 Å². The molecule has 0 fully saturated rings. The van der Waals surface area contributed by atoms with Gasteiger partial charge in [-0.1, -0.05) is 0 Å². The molecule has 23 heavy (non-hydrogen) atoms. The molecule has 2 rings (SSSR count). The molecule has 0 spiro atoms. The number of rotatable bonds is 4. The summed E-state index contributed by atoms with van der Waals surface area (Å²) in [7, 11) is 0. The maximum absolute atomic E-state index is 11.3. The topological polar surface area (TPSA) is 142 Å². The van der Waals surface area contributed by atoms with Gasteiger partial charge >= 0.3 is 5.97 Å². The van der Waals surface area contributed by atoms with Crippen molar-refractivity contribution in [3.63, 3.8) is 0 Å². The van der Waals surface area contributed by atoms with Gasteiger partial charge in [-0.2, -0.15) is 0 Å². The highest BCUT2D eigenvalue weighted by molar-refractivity contribution is 5.94. The minimum absolute atomic E-state index is 0.0664. The van der Waals surface area contributed by atoms with Gasteiger partial charge in [0.25, 0.3) is 0 Å². The van der Waals surface area contributed by atoms with Crippen molar-refractivity contribution in [2.45, 2.75) is 6.92 Å². The van der Waals surface area contributed by atoms with Crippen LogP contribution in [0.15, 0.2) is 30.3 Å². The second-order valence-corrected chi connectivity index (χ2v) is 4.68. The largest absolute Gasteiger partial charge is 0.508 e. The van der Waals surface area contributed by atoms with Crippen LogP contribution in [0.4, 0.5) is 11.4 Å². The van der Waals surface area contributed by atoms with Crippen LogP contribution in [0.3, 0.4) is 0 Å². The minimum atomic E-state index is -1.27. The number of carboxylic acid groups (broad SMARTS) is 1. The number of aromatic carboxylic acids is 1. The molecule has 0 aliphatic heterocycles. The Morgan fingerprint density at radius 1 is 1.13 bits per heavy atom. The van der Waals surface area contributed by atoms with Crippen LogP contribution >= 0.6 is 0 Å². The number of phenolic OH excluding ortho intramolecular Hbond substituents is 2. The van der Waals surface area contributed by atoms with Crippen LogP contribution in [0.25, 0.3) is 0 Å². The fourth-order valence-electron chi connectivity index (χ4n) is 1.89. The lowest BCUT2D eigenvalue weighted by Crippen LogP contribution is -2.08. The van der Waals surface area contributed by atoms with Gasteiger partial charge in [0.1, 0.15) is 28.5 Å². The monoisotopic (exact) mass is 318 g/mol. The first-order valence-electron chi connectivity index (χ1n) is 6.42. The number of nitrogens with one attached hydrogen (secondary N) is 1. The van der Waals surface area contributed by atoms with Crippen molar-refractivity contribution in [3.8, 4) is 23.0 Å². The van der Waals surface area contributed by atoms with Gasteiger partial charge in [0.15, 0.2) is 5.75 Å². The number of benzene rings is 2. The van der Waals surface area contributed by atoms with E-state index in [2.05, 4.69) is 5.32 Å². The van der Waals surface area contributed by atoms with E-state index in [4.69, 9.17) is 10.5 Å². The molecule has 0 unspecified atom stereocenters. The number of carboxylic acids is 1. The van der Waals surface area contributed by atoms with Crippen molar-refractivity contribution in [2.24, 2.45) is 0 Å². The number of carbonyl (C=O) groups is 2. The fraction of sp³-hybridized carbons (Fsp3) is 0.0667. The first kappa shape index (κ1) is 16.0. The summed E-state index contributed by atoms with van der Waals surface area (Å²) in [4.78, 5) is 22.5. The maximum Gasteiger partial charge on any atom is 0.339 e. The van der Waals surface area contributed by atoms with Crippen LogP contribution < -0.4 is 15.8 Å². The normalized spacial score (nSPS) is 10.1. The molecule has 0 heterocycles. The van der Waals surface area contributed by atoms with E-state index < -0.39 is 17.6 Å². The van der Waals surface area contributed by atoms with E-state index in [1.54, 1.807) is 0 Å². The molecule has 0 radical (unpaired) electrons. The Balaban J connectivity index is 2.52. The van der Waals surface area contributed by atoms with Crippen LogP contribution in [-0.4, -0.2) is 27.2 Å². The third-order valence-corrected chi connectivity index (χ3v) is 2.82. The third-order valence-electron chi connectivity index (χ3n) is 2.82. The lowest BCUT2D eigenvalue weighted by molar-refractivity contribution is -0.114. The summed E-state index contributed by atoms with van der Waals surface area (Å²) in [6.07, 6.45) is 0. The standard InChI is InChI=1S/C15H14N2O6/c1-7(18)17-14-11(20)5-9(19)6-13(14)23-12-3-2-8(16)4-10(12)15(21)22/h2-6,19-20H,16H2,1H3,(H,17,18)(H,21,22). The summed E-state index contributed by atoms with van der Waals surface area (Å²) in [5, 5.41) is 30.9. The van der Waals surface area contributed by atoms with Crippen molar-refractivity contribution in [3.05, 3.63) is 35.9 Å². The minimum Gasteiger partial charge on any atom is -0.508 e. The molecule has 0 saturated carbocycles. The predicted molar refractivity (Wildman–Crippen MR) is 82.0 cm³/mol. The molecule has 6 N–H and O–H groups in total. The fourth-order valence-corrected chi connectivity index (χ4v) is 1.89. The van der Waals surface area contributed by atoms with Crippen LogP contribution in [0.5, 0.6) is 23.0 Å². The molecular weight excluding hydrogens is 304 g/mol. The highest BCUT2D eigenvalue weighted by Crippen LogP contribution is 2.41. The van der Waals surface area contributed by atoms with E-state index in [9.17, 15) is 24.9 Å². The summed E-state index contributed by atoms with van der Waals surface area (Å²) in [6, 6.07) is 6.12. The van der Waals surface area contributed by atoms with Gasteiger partial charge in [0.2, 0.25) is 5.91 Å². The first-order chi connectivity index (χ1) is 10.8. The number of nitrogens with two attached hydrogens (primary N) is 1. The highest BCUT2D eigenvalue weighted by Gasteiger charge is 2.18. The summed E-state index contributed by atoms with van der Waals surface area (Å²) in [5.41, 5.74) is 5.48. The van der Waals surface area contributed by atoms with Gasteiger partial charge in [0.05, 0.1) is 0 Å². The average molecular weight is 318 g/mol. The second kappa shape index (κ2) is 6.14. The zero-order valence-corrected chi connectivity index (χ0v) is 12.0. The number of amides is 1. The number of hydrogen-bond donors (Lipinski definition) is 5. The van der Waals surface area contributed by atoms with E-state index in [0.29, 0.717) is 0 Å². The van der Waals surface area contributed by atoms with Crippen molar-refractivity contribution in [1.82, 2.24) is 0 Å². The Morgan fingerprint density at radius 3 is 2.43 bits per heavy atom. The summed E-state index contributed by atoms with van der Waals surface area (Å²) >= 11 is 0. The highest BCUT2D eigenvalue weighted by atomic mass is 16.5. The van der Waals surface area contributed by atoms with Gasteiger partial charge < -0.3 is 31.1 Å². The van der Waals surface area contributed by atoms with Crippen LogP contribution in [-0.2, 0) is 4.79 Å². The number of carbonyl (C=O) groups excluding carboxylic acids is 1. The zero-order valence-electron chi connectivity index (χ0n) is 12.0. The van der Waals surface area contributed by atoms with Crippen LogP contribution in [0.1, 0.15) is 17.3 Å². The molecule has 2 aromatic carbocycles. The van der Waals surface area contributed by atoms with E-state index in [1.165, 1.54) is 25.1 Å². The molecule has 120 valence electrons. The molecule has 8 nitrogen and oxygen atoms in total. The number of nitrogen functional groups attached to an aromatic ring is 1. The van der Waals surface area contributed by atoms with E-state index in [0.717, 1.165) is 12.1 Å². The molecule has 2 aromatic rings. The molecule has 0 atom stereocenters. The van der Waals surface area contributed by atoms with E-state index in [-0.39, 0.29) is 34.2 Å². The Morgan fingerprint density at radius 2 is 1.83 bits per heavy atom. The Kier molecular flexibility index (Phi) is 4.26. The predicted octanol–water partition coefficient (Wildman–Crippen LogP) is 2.13. The average Bonchev–Trinajstić information content (AvgIpc) is 2.44. The van der Waals surface area contributed by atoms with E-state index >= 15 is 0 Å². The maximum atomic E-state index is 11.3. The Labute approximate surface area is 130 Å². The molecule has 0 aliphatic rings. The number of ether oxygens (including phenoxy) is 1. The quantitative estimate of drug-likeness (QED) is 0.330. The van der Waals surface area contributed by atoms with Crippen molar-refractivity contribution in [2.75, 3.05) is 11.1 Å². The molecule has 0 saturated heterocycles. The summed E-state index contributed by atoms with van der Waals surface area (Å²) < 4.78 is 5.45. The lowest BCUT2D eigenvalue weighted by atomic mass is 10.1. The number of hydrogen-bond acceptors (Lipinski definition) is 6. The van der Waals surface area contributed by atoms with Crippen LogP contribution in [0.2, 0.25) is 0 Å². The molecule has 0 aliphatic carbocycles. The SMILES string of the molecule is CC(=O)Nc1c(O)cc(O)cc1Oc1ccc(N)cc1C(=O)O. The Hall–Kier alpha value is -3.42. The first-order valence-corrected chi connectivity index (χ1v) is 6.42. The molecular formula is C15H14N2O6. The summed E-state index contributed by atoms with van der Waals surface area (Å²) in [6.45, 7) is 1.22. The van der Waals surface area contributed by atoms with E-state index in [1.807, 2.05) is 0 Å². The van der Waals surface area contributed by atoms with Gasteiger partial charge in [-0.25, -0.2) is 4.79 Å².